The molecule has 0 spiro atoms. The Labute approximate surface area is 136 Å². The second-order valence-electron chi connectivity index (χ2n) is 3.68. The first-order chi connectivity index (χ1) is 7.24. The Hall–Kier alpha value is -0.237. The Bertz CT molecular complexity index is 509. The Morgan fingerprint density at radius 1 is 0.944 bits per heavy atom. The van der Waals surface area contributed by atoms with Gasteiger partial charge in [-0.05, 0) is 24.1 Å². The van der Waals surface area contributed by atoms with Gasteiger partial charge in [0.25, 0.3) is 0 Å². The second-order valence-corrected chi connectivity index (χ2v) is 3.68. The van der Waals surface area contributed by atoms with E-state index in [0.717, 1.165) is 22.3 Å². The van der Waals surface area contributed by atoms with Gasteiger partial charge in [-0.2, -0.15) is 6.07 Å². The molecule has 0 N–H and O–H groups in total. The topological polar surface area (TPSA) is 0 Å². The van der Waals surface area contributed by atoms with E-state index >= 15 is 0 Å². The van der Waals surface area contributed by atoms with Crippen LogP contribution < -0.4 is 24.8 Å². The van der Waals surface area contributed by atoms with E-state index in [4.69, 9.17) is 0 Å². The summed E-state index contributed by atoms with van der Waals surface area (Å²) in [6.45, 7) is 0. The first-order valence-electron chi connectivity index (χ1n) is 4.73. The van der Waals surface area contributed by atoms with Crippen LogP contribution in [-0.4, -0.2) is 0 Å². The van der Waals surface area contributed by atoms with Crippen LogP contribution in [0.4, 0.5) is 8.78 Å². The maximum Gasteiger partial charge on any atom is 3.00 e. The summed E-state index contributed by atoms with van der Waals surface area (Å²) in [5.41, 5.74) is 3.68. The fraction of sp³-hybridized carbons (Fsp3) is 0.0769. The summed E-state index contributed by atoms with van der Waals surface area (Å²) in [6.07, 6.45) is 0.570. The molecule has 3 rings (SSSR count). The molecule has 5 heteroatoms. The molecule has 0 heterocycles. The summed E-state index contributed by atoms with van der Waals surface area (Å²) in [7, 11) is 0. The van der Waals surface area contributed by atoms with Crippen LogP contribution in [0.15, 0.2) is 30.3 Å². The van der Waals surface area contributed by atoms with Gasteiger partial charge < -0.3 is 24.8 Å². The molecule has 0 saturated heterocycles. The predicted molar refractivity (Wildman–Crippen MR) is 53.4 cm³/mol. The Balaban J connectivity index is 0.000000963. The minimum atomic E-state index is -0.359. The average molecular weight is 363 g/mol. The van der Waals surface area contributed by atoms with E-state index in [1.807, 2.05) is 0 Å². The Morgan fingerprint density at radius 2 is 1.61 bits per heavy atom. The third-order valence-electron chi connectivity index (χ3n) is 2.72. The average Bonchev–Trinajstić information content (AvgIpc) is 2.53. The van der Waals surface area contributed by atoms with E-state index in [1.165, 1.54) is 18.2 Å². The van der Waals surface area contributed by atoms with Crippen LogP contribution in [0, 0.1) is 17.7 Å². The van der Waals surface area contributed by atoms with Crippen LogP contribution in [0.5, 0.6) is 0 Å². The summed E-state index contributed by atoms with van der Waals surface area (Å²) in [5.74, 6) is -0.607. The van der Waals surface area contributed by atoms with Crippen LogP contribution >= 0.6 is 0 Å². The second kappa shape index (κ2) is 6.79. The molecule has 2 aromatic carbocycles. The van der Waals surface area contributed by atoms with Crippen LogP contribution in [0.2, 0.25) is 0 Å². The SMILES string of the molecule is Fc1[c-]c2c(cc1)-c1ccc(F)cc1C2.[Cl-].[Cl-].[Zr+3]. The molecule has 2 aromatic rings. The molecule has 18 heavy (non-hydrogen) atoms. The molecule has 0 aromatic heterocycles. The predicted octanol–water partition coefficient (Wildman–Crippen LogP) is -2.66. The van der Waals surface area contributed by atoms with Crippen molar-refractivity contribution in [3.63, 3.8) is 0 Å². The standard InChI is InChI=1S/C13H7F2.2ClH.Zr/c14-10-1-3-12-8(6-10)5-9-7-11(15)2-4-13(9)12;;;/h1-4,6H,5H2;2*1H;/q-1;;;+3/p-2. The van der Waals surface area contributed by atoms with Crippen molar-refractivity contribution in [1.29, 1.82) is 0 Å². The van der Waals surface area contributed by atoms with Crippen molar-refractivity contribution in [1.82, 2.24) is 0 Å². The number of hydrogen-bond acceptors (Lipinski definition) is 0. The van der Waals surface area contributed by atoms with Crippen LogP contribution in [0.25, 0.3) is 11.1 Å². The van der Waals surface area contributed by atoms with Gasteiger partial charge in [0, 0.05) is 5.82 Å². The Kier molecular flexibility index (Phi) is 6.70. The molecule has 0 saturated carbocycles. The molecular formula is C13H7Cl2F2Zr. The molecule has 91 valence electrons. The van der Waals surface area contributed by atoms with Gasteiger partial charge in [-0.3, -0.25) is 0 Å². The van der Waals surface area contributed by atoms with E-state index in [1.54, 1.807) is 12.1 Å². The van der Waals surface area contributed by atoms with Crippen molar-refractivity contribution in [2.24, 2.45) is 0 Å². The van der Waals surface area contributed by atoms with Gasteiger partial charge in [0.15, 0.2) is 0 Å². The first kappa shape index (κ1) is 17.8. The van der Waals surface area contributed by atoms with Gasteiger partial charge in [-0.25, -0.2) is 8.78 Å². The summed E-state index contributed by atoms with van der Waals surface area (Å²) in [4.78, 5) is 0. The molecule has 0 aliphatic heterocycles. The quantitative estimate of drug-likeness (QED) is 0.383. The van der Waals surface area contributed by atoms with Crippen molar-refractivity contribution in [3.05, 3.63) is 59.2 Å². The van der Waals surface area contributed by atoms with Gasteiger partial charge >= 0.3 is 26.2 Å². The van der Waals surface area contributed by atoms with Crippen molar-refractivity contribution in [2.75, 3.05) is 0 Å². The van der Waals surface area contributed by atoms with Crippen molar-refractivity contribution in [3.8, 4) is 11.1 Å². The molecule has 0 fully saturated rings. The van der Waals surface area contributed by atoms with Gasteiger partial charge in [0.2, 0.25) is 0 Å². The molecule has 1 radical (unpaired) electrons. The molecular weight excluding hydrogens is 356 g/mol. The van der Waals surface area contributed by atoms with Crippen molar-refractivity contribution in [2.45, 2.75) is 6.42 Å². The molecule has 0 amide bonds. The fourth-order valence-corrected chi connectivity index (χ4v) is 2.06. The normalized spacial score (nSPS) is 10.3. The van der Waals surface area contributed by atoms with E-state index in [2.05, 4.69) is 6.07 Å². The molecule has 0 atom stereocenters. The number of fused-ring (bicyclic) bond motifs is 3. The molecule has 0 nitrogen and oxygen atoms in total. The summed E-state index contributed by atoms with van der Waals surface area (Å²) >= 11 is 0. The van der Waals surface area contributed by atoms with E-state index in [9.17, 15) is 8.78 Å². The zero-order valence-corrected chi connectivity index (χ0v) is 13.1. The maximum absolute atomic E-state index is 13.0. The van der Waals surface area contributed by atoms with Gasteiger partial charge in [0.1, 0.15) is 5.82 Å². The number of benzene rings is 2. The Morgan fingerprint density at radius 3 is 2.33 bits per heavy atom. The monoisotopic (exact) mass is 361 g/mol. The molecule has 0 bridgehead atoms. The first-order valence-corrected chi connectivity index (χ1v) is 4.73. The van der Waals surface area contributed by atoms with Crippen LogP contribution in [0.3, 0.4) is 0 Å². The van der Waals surface area contributed by atoms with Crippen LogP contribution in [-0.2, 0) is 32.6 Å². The number of halogens is 4. The maximum atomic E-state index is 13.0. The van der Waals surface area contributed by atoms with Crippen LogP contribution in [0.1, 0.15) is 11.1 Å². The zero-order chi connectivity index (χ0) is 10.4. The van der Waals surface area contributed by atoms with Gasteiger partial charge in [-0.1, -0.05) is 11.6 Å². The van der Waals surface area contributed by atoms with Crippen molar-refractivity contribution < 1.29 is 59.8 Å². The third kappa shape index (κ3) is 3.01. The fourth-order valence-electron chi connectivity index (χ4n) is 2.06. The van der Waals surface area contributed by atoms with Gasteiger partial charge in [-0.15, -0.1) is 23.3 Å². The molecule has 0 unspecified atom stereocenters. The smallest absolute Gasteiger partial charge is 1.00 e. The minimum absolute atomic E-state index is 0. The third-order valence-corrected chi connectivity index (χ3v) is 2.72. The summed E-state index contributed by atoms with van der Waals surface area (Å²) < 4.78 is 25.9. The summed E-state index contributed by atoms with van der Waals surface area (Å²) in [6, 6.07) is 10.4. The van der Waals surface area contributed by atoms with Gasteiger partial charge in [0.05, 0.1) is 0 Å². The zero-order valence-electron chi connectivity index (χ0n) is 9.11. The molecule has 1 aliphatic rings. The molecule has 1 aliphatic carbocycles. The van der Waals surface area contributed by atoms with E-state index in [0.29, 0.717) is 6.42 Å². The summed E-state index contributed by atoms with van der Waals surface area (Å²) in [5, 5.41) is 0. The number of hydrogen-bond donors (Lipinski definition) is 0. The largest absolute Gasteiger partial charge is 3.00 e. The minimum Gasteiger partial charge on any atom is -1.00 e. The number of rotatable bonds is 0. The van der Waals surface area contributed by atoms with E-state index in [-0.39, 0.29) is 62.7 Å². The van der Waals surface area contributed by atoms with E-state index < -0.39 is 0 Å². The van der Waals surface area contributed by atoms with Crippen molar-refractivity contribution >= 4 is 0 Å².